The summed E-state index contributed by atoms with van der Waals surface area (Å²) in [6.45, 7) is 4.17. The van der Waals surface area contributed by atoms with Gasteiger partial charge in [-0.1, -0.05) is 211 Å². The number of aliphatic hydroxyl groups is 3. The maximum absolute atomic E-state index is 12.5. The van der Waals surface area contributed by atoms with Gasteiger partial charge < -0.3 is 20.6 Å². The highest BCUT2D eigenvalue weighted by atomic mass is 16.3. The topological polar surface area (TPSA) is 89.8 Å². The van der Waals surface area contributed by atoms with Crippen LogP contribution in [0.15, 0.2) is 36.5 Å². The van der Waals surface area contributed by atoms with E-state index in [1.807, 2.05) is 6.08 Å². The summed E-state index contributed by atoms with van der Waals surface area (Å²) in [5.74, 6) is -0.515. The average molecular weight is 732 g/mol. The lowest BCUT2D eigenvalue weighted by molar-refractivity contribution is -0.131. The van der Waals surface area contributed by atoms with E-state index in [1.54, 1.807) is 6.08 Å². The molecule has 0 rings (SSSR count). The number of hydrogen-bond acceptors (Lipinski definition) is 4. The lowest BCUT2D eigenvalue weighted by Gasteiger charge is -2.21. The maximum atomic E-state index is 12.5. The molecular formula is C47H89NO4. The minimum atomic E-state index is -1.11. The second kappa shape index (κ2) is 42.3. The van der Waals surface area contributed by atoms with Crippen LogP contribution in [-0.4, -0.2) is 46.1 Å². The minimum absolute atomic E-state index is 0.377. The van der Waals surface area contributed by atoms with Crippen molar-refractivity contribution in [3.63, 3.8) is 0 Å². The highest BCUT2D eigenvalue weighted by Gasteiger charge is 2.22. The van der Waals surface area contributed by atoms with Crippen molar-refractivity contribution in [3.05, 3.63) is 36.5 Å². The maximum Gasteiger partial charge on any atom is 0.249 e. The monoisotopic (exact) mass is 732 g/mol. The van der Waals surface area contributed by atoms with Gasteiger partial charge in [0, 0.05) is 0 Å². The third kappa shape index (κ3) is 36.9. The molecular weight excluding hydrogens is 643 g/mol. The van der Waals surface area contributed by atoms with Crippen LogP contribution in [0.25, 0.3) is 0 Å². The Labute approximate surface area is 324 Å². The quantitative estimate of drug-likeness (QED) is 0.0372. The molecule has 52 heavy (non-hydrogen) atoms. The van der Waals surface area contributed by atoms with Crippen LogP contribution in [0.1, 0.15) is 232 Å². The summed E-state index contributed by atoms with van der Waals surface area (Å²) in [7, 11) is 0. The zero-order chi connectivity index (χ0) is 38.0. The Kier molecular flexibility index (Phi) is 41.1. The molecule has 0 aliphatic rings. The van der Waals surface area contributed by atoms with Crippen molar-refractivity contribution in [2.24, 2.45) is 0 Å². The van der Waals surface area contributed by atoms with E-state index in [4.69, 9.17) is 0 Å². The summed E-state index contributed by atoms with van der Waals surface area (Å²) in [4.78, 5) is 12.5. The Morgan fingerprint density at radius 1 is 0.462 bits per heavy atom. The number of aliphatic hydroxyl groups excluding tert-OH is 3. The number of nitrogens with one attached hydrogen (secondary N) is 1. The Morgan fingerprint density at radius 3 is 1.17 bits per heavy atom. The predicted molar refractivity (Wildman–Crippen MR) is 227 cm³/mol. The summed E-state index contributed by atoms with van der Waals surface area (Å²) >= 11 is 0. The van der Waals surface area contributed by atoms with E-state index < -0.39 is 24.2 Å². The number of carbonyl (C=O) groups is 1. The van der Waals surface area contributed by atoms with E-state index in [0.717, 1.165) is 38.5 Å². The van der Waals surface area contributed by atoms with Crippen LogP contribution >= 0.6 is 0 Å². The van der Waals surface area contributed by atoms with Crippen LogP contribution in [0.4, 0.5) is 0 Å². The molecule has 0 saturated carbocycles. The molecule has 306 valence electrons. The van der Waals surface area contributed by atoms with Gasteiger partial charge >= 0.3 is 0 Å². The SMILES string of the molecule is CCCCCCCCCC/C=C/CC/C=C/C(O)C(CO)NC(=O)C(O)CCCCCCCCCC/C=C\CCCCCCCCCCCCCC. The van der Waals surface area contributed by atoms with Crippen LogP contribution in [0.2, 0.25) is 0 Å². The van der Waals surface area contributed by atoms with Gasteiger partial charge in [0.1, 0.15) is 6.10 Å². The standard InChI is InChI=1S/C47H89NO4/c1-3-5-7-9-11-13-15-17-19-20-21-22-23-24-25-26-27-28-30-32-34-36-38-40-42-46(51)47(52)48-44(43-49)45(50)41-39-37-35-33-31-29-18-16-14-12-10-8-6-4-2/h24-25,31,33,39,41,44-46,49-51H,3-23,26-30,32,34-38,40,42-43H2,1-2H3,(H,48,52)/b25-24-,33-31+,41-39+. The molecule has 0 aliphatic heterocycles. The van der Waals surface area contributed by atoms with Crippen molar-refractivity contribution in [2.75, 3.05) is 6.61 Å². The summed E-state index contributed by atoms with van der Waals surface area (Å²) in [5, 5.41) is 33.1. The van der Waals surface area contributed by atoms with Crippen LogP contribution < -0.4 is 5.32 Å². The van der Waals surface area contributed by atoms with Gasteiger partial charge in [0.2, 0.25) is 5.91 Å². The molecule has 0 bridgehead atoms. The van der Waals surface area contributed by atoms with E-state index >= 15 is 0 Å². The zero-order valence-corrected chi connectivity index (χ0v) is 34.7. The highest BCUT2D eigenvalue weighted by Crippen LogP contribution is 2.15. The fourth-order valence-corrected chi connectivity index (χ4v) is 6.84. The molecule has 3 atom stereocenters. The average Bonchev–Trinajstić information content (AvgIpc) is 3.15. The van der Waals surface area contributed by atoms with Crippen LogP contribution in [0, 0.1) is 0 Å². The Bertz CT molecular complexity index is 809. The molecule has 0 spiro atoms. The predicted octanol–water partition coefficient (Wildman–Crippen LogP) is 13.2. The molecule has 0 aliphatic carbocycles. The second-order valence-corrected chi connectivity index (χ2v) is 15.6. The lowest BCUT2D eigenvalue weighted by Crippen LogP contribution is -2.48. The molecule has 0 saturated heterocycles. The van der Waals surface area contributed by atoms with Crippen LogP contribution in [0.3, 0.4) is 0 Å². The van der Waals surface area contributed by atoms with Gasteiger partial charge in [-0.2, -0.15) is 0 Å². The first kappa shape index (κ1) is 50.6. The van der Waals surface area contributed by atoms with Crippen LogP contribution in [-0.2, 0) is 4.79 Å². The molecule has 5 heteroatoms. The summed E-state index contributed by atoms with van der Waals surface area (Å²) in [6, 6.07) is -0.814. The summed E-state index contributed by atoms with van der Waals surface area (Å²) < 4.78 is 0. The van der Waals surface area contributed by atoms with E-state index in [1.165, 1.54) is 173 Å². The number of allylic oxidation sites excluding steroid dienone is 5. The molecule has 0 aromatic rings. The van der Waals surface area contributed by atoms with Gasteiger partial charge in [0.05, 0.1) is 18.8 Å². The molecule has 0 heterocycles. The van der Waals surface area contributed by atoms with Crippen molar-refractivity contribution in [3.8, 4) is 0 Å². The van der Waals surface area contributed by atoms with Gasteiger partial charge in [0.15, 0.2) is 0 Å². The van der Waals surface area contributed by atoms with Gasteiger partial charge in [-0.25, -0.2) is 0 Å². The lowest BCUT2D eigenvalue weighted by atomic mass is 10.0. The molecule has 0 fully saturated rings. The molecule has 3 unspecified atom stereocenters. The van der Waals surface area contributed by atoms with Crippen molar-refractivity contribution in [1.82, 2.24) is 5.32 Å². The van der Waals surface area contributed by atoms with Crippen LogP contribution in [0.5, 0.6) is 0 Å². The van der Waals surface area contributed by atoms with Crippen molar-refractivity contribution in [2.45, 2.75) is 250 Å². The second-order valence-electron chi connectivity index (χ2n) is 15.6. The first-order chi connectivity index (χ1) is 25.6. The zero-order valence-electron chi connectivity index (χ0n) is 34.7. The Balaban J connectivity index is 3.66. The number of unbranched alkanes of at least 4 members (excludes halogenated alkanes) is 29. The number of amides is 1. The summed E-state index contributed by atoms with van der Waals surface area (Å²) in [6.07, 6.45) is 53.3. The fraction of sp³-hybridized carbons (Fsp3) is 0.851. The largest absolute Gasteiger partial charge is 0.394 e. The fourth-order valence-electron chi connectivity index (χ4n) is 6.84. The molecule has 1 amide bonds. The smallest absolute Gasteiger partial charge is 0.249 e. The number of carbonyl (C=O) groups excluding carboxylic acids is 1. The van der Waals surface area contributed by atoms with E-state index in [-0.39, 0.29) is 6.61 Å². The normalized spacial score (nSPS) is 13.9. The van der Waals surface area contributed by atoms with Crippen molar-refractivity contribution >= 4 is 5.91 Å². The Morgan fingerprint density at radius 2 is 0.788 bits per heavy atom. The van der Waals surface area contributed by atoms with E-state index in [2.05, 4.69) is 43.5 Å². The van der Waals surface area contributed by atoms with E-state index in [9.17, 15) is 20.1 Å². The molecule has 0 aromatic carbocycles. The van der Waals surface area contributed by atoms with Gasteiger partial charge in [0.25, 0.3) is 0 Å². The van der Waals surface area contributed by atoms with Crippen molar-refractivity contribution in [1.29, 1.82) is 0 Å². The van der Waals surface area contributed by atoms with E-state index in [0.29, 0.717) is 6.42 Å². The van der Waals surface area contributed by atoms with Gasteiger partial charge in [-0.3, -0.25) is 4.79 Å². The summed E-state index contributed by atoms with van der Waals surface area (Å²) in [5.41, 5.74) is 0. The third-order valence-corrected chi connectivity index (χ3v) is 10.5. The first-order valence-corrected chi connectivity index (χ1v) is 22.8. The highest BCUT2D eigenvalue weighted by molar-refractivity contribution is 5.80. The van der Waals surface area contributed by atoms with Gasteiger partial charge in [-0.05, 0) is 57.8 Å². The number of hydrogen-bond donors (Lipinski definition) is 4. The minimum Gasteiger partial charge on any atom is -0.394 e. The number of rotatable bonds is 41. The molecule has 5 nitrogen and oxygen atoms in total. The molecule has 0 radical (unpaired) electrons. The first-order valence-electron chi connectivity index (χ1n) is 22.8. The third-order valence-electron chi connectivity index (χ3n) is 10.5. The Hall–Kier alpha value is -1.43. The molecule has 4 N–H and O–H groups in total. The van der Waals surface area contributed by atoms with Crippen molar-refractivity contribution < 1.29 is 20.1 Å². The molecule has 0 aromatic heterocycles. The van der Waals surface area contributed by atoms with Gasteiger partial charge in [-0.15, -0.1) is 0 Å².